The first kappa shape index (κ1) is 19.3. The van der Waals surface area contributed by atoms with E-state index in [0.717, 1.165) is 18.5 Å². The maximum absolute atomic E-state index is 12.2. The highest BCUT2D eigenvalue weighted by atomic mass is 32.1. The van der Waals surface area contributed by atoms with Crippen LogP contribution in [0.5, 0.6) is 0 Å². The topological polar surface area (TPSA) is 62.3 Å². The van der Waals surface area contributed by atoms with Crippen LogP contribution in [0.15, 0.2) is 41.8 Å². The van der Waals surface area contributed by atoms with Gasteiger partial charge in [0, 0.05) is 24.4 Å². The summed E-state index contributed by atoms with van der Waals surface area (Å²) in [7, 11) is 0. The predicted molar refractivity (Wildman–Crippen MR) is 110 cm³/mol. The molecular weight excluding hydrogens is 358 g/mol. The Labute approximate surface area is 164 Å². The molecule has 3 rings (SSSR count). The molecule has 2 amide bonds. The van der Waals surface area contributed by atoms with E-state index in [9.17, 15) is 9.59 Å². The average Bonchev–Trinajstić information content (AvgIpc) is 2.96. The van der Waals surface area contributed by atoms with E-state index in [0.29, 0.717) is 10.8 Å². The Balaban J connectivity index is 1.65. The molecule has 1 heterocycles. The number of nitrogens with zero attached hydrogens (tertiary/aromatic N) is 2. The lowest BCUT2D eigenvalue weighted by molar-refractivity contribution is -0.117. The Hall–Kier alpha value is -2.47. The van der Waals surface area contributed by atoms with Gasteiger partial charge < -0.3 is 5.32 Å². The Kier molecular flexibility index (Phi) is 6.76. The number of nitrogens with one attached hydrogen (secondary N) is 1. The largest absolute Gasteiger partial charge is 0.350 e. The van der Waals surface area contributed by atoms with E-state index in [1.54, 1.807) is 11.0 Å². The number of hydrogen-bond acceptors (Lipinski definition) is 4. The Morgan fingerprint density at radius 1 is 1.15 bits per heavy atom. The van der Waals surface area contributed by atoms with Gasteiger partial charge in [-0.05, 0) is 31.1 Å². The zero-order valence-electron chi connectivity index (χ0n) is 15.6. The quantitative estimate of drug-likeness (QED) is 0.602. The molecular formula is C21H25N3O2S. The second-order valence-corrected chi connectivity index (χ2v) is 7.61. The molecule has 2 aromatic rings. The fourth-order valence-corrected chi connectivity index (χ4v) is 4.15. The molecule has 142 valence electrons. The van der Waals surface area contributed by atoms with Gasteiger partial charge in [-0.2, -0.15) is 0 Å². The van der Waals surface area contributed by atoms with Crippen molar-refractivity contribution >= 4 is 40.0 Å². The zero-order chi connectivity index (χ0) is 19.1. The van der Waals surface area contributed by atoms with Gasteiger partial charge in [0.2, 0.25) is 11.8 Å². The van der Waals surface area contributed by atoms with Gasteiger partial charge in [0.15, 0.2) is 5.13 Å². The molecule has 6 heteroatoms. The lowest BCUT2D eigenvalue weighted by Gasteiger charge is -2.17. The van der Waals surface area contributed by atoms with Crippen molar-refractivity contribution in [2.45, 2.75) is 51.5 Å². The molecule has 1 N–H and O–H groups in total. The summed E-state index contributed by atoms with van der Waals surface area (Å²) in [6.45, 7) is 1.52. The summed E-state index contributed by atoms with van der Waals surface area (Å²) in [5, 5.41) is 5.53. The standard InChI is InChI=1S/C21H25N3O2S/c1-16(25)24(19-11-7-4-8-12-19)21-23-18(15-27-21)13-14-20(26)22-17-9-5-2-3-6-10-17/h4,7-8,11-15,17H,2-3,5-6,9-10H2,1H3,(H,22,26)/b14-13+. The lowest BCUT2D eigenvalue weighted by Crippen LogP contribution is -2.33. The van der Waals surface area contributed by atoms with Gasteiger partial charge in [-0.25, -0.2) is 4.98 Å². The Morgan fingerprint density at radius 2 is 1.85 bits per heavy atom. The van der Waals surface area contributed by atoms with Crippen LogP contribution in [-0.2, 0) is 9.59 Å². The minimum absolute atomic E-state index is 0.0806. The first-order valence-corrected chi connectivity index (χ1v) is 10.3. The molecule has 1 aliphatic carbocycles. The number of thiazole rings is 1. The summed E-state index contributed by atoms with van der Waals surface area (Å²) in [4.78, 5) is 30.3. The third kappa shape index (κ3) is 5.50. The lowest BCUT2D eigenvalue weighted by atomic mass is 10.1. The van der Waals surface area contributed by atoms with Crippen molar-refractivity contribution in [1.29, 1.82) is 0 Å². The Morgan fingerprint density at radius 3 is 2.52 bits per heavy atom. The number of benzene rings is 1. The van der Waals surface area contributed by atoms with E-state index < -0.39 is 0 Å². The van der Waals surface area contributed by atoms with Crippen molar-refractivity contribution in [2.75, 3.05) is 4.90 Å². The Bertz CT molecular complexity index is 793. The molecule has 27 heavy (non-hydrogen) atoms. The molecule has 1 aromatic heterocycles. The van der Waals surface area contributed by atoms with E-state index in [1.807, 2.05) is 35.7 Å². The van der Waals surface area contributed by atoms with Crippen LogP contribution in [0.3, 0.4) is 0 Å². The SMILES string of the molecule is CC(=O)N(c1ccccc1)c1nc(/C=C/C(=O)NC2CCCCCC2)cs1. The number of aromatic nitrogens is 1. The van der Waals surface area contributed by atoms with Crippen LogP contribution in [0.1, 0.15) is 51.1 Å². The van der Waals surface area contributed by atoms with E-state index >= 15 is 0 Å². The molecule has 1 aromatic carbocycles. The molecule has 1 fully saturated rings. The summed E-state index contributed by atoms with van der Waals surface area (Å²) in [6.07, 6.45) is 10.3. The minimum atomic E-state index is -0.0998. The molecule has 0 spiro atoms. The van der Waals surface area contributed by atoms with E-state index in [2.05, 4.69) is 10.3 Å². The van der Waals surface area contributed by atoms with Crippen LogP contribution in [0.2, 0.25) is 0 Å². The summed E-state index contributed by atoms with van der Waals surface area (Å²) in [5.41, 5.74) is 1.45. The highest BCUT2D eigenvalue weighted by Crippen LogP contribution is 2.29. The van der Waals surface area contributed by atoms with Crippen LogP contribution >= 0.6 is 11.3 Å². The minimum Gasteiger partial charge on any atom is -0.350 e. The number of carbonyl (C=O) groups excluding carboxylic acids is 2. The van der Waals surface area contributed by atoms with Gasteiger partial charge in [0.1, 0.15) is 0 Å². The predicted octanol–water partition coefficient (Wildman–Crippen LogP) is 4.68. The summed E-state index contributed by atoms with van der Waals surface area (Å²) >= 11 is 1.38. The summed E-state index contributed by atoms with van der Waals surface area (Å²) in [5.74, 6) is -0.180. The van der Waals surface area contributed by atoms with Gasteiger partial charge in [-0.15, -0.1) is 11.3 Å². The van der Waals surface area contributed by atoms with Crippen LogP contribution in [-0.4, -0.2) is 22.8 Å². The number of para-hydroxylation sites is 1. The first-order chi connectivity index (χ1) is 13.1. The monoisotopic (exact) mass is 383 g/mol. The van der Waals surface area contributed by atoms with Crippen LogP contribution in [0, 0.1) is 0 Å². The van der Waals surface area contributed by atoms with Crippen molar-refractivity contribution in [3.05, 3.63) is 47.5 Å². The third-order valence-corrected chi connectivity index (χ3v) is 5.48. The number of anilines is 2. The fraction of sp³-hybridized carbons (Fsp3) is 0.381. The van der Waals surface area contributed by atoms with Crippen molar-refractivity contribution < 1.29 is 9.59 Å². The van der Waals surface area contributed by atoms with Crippen molar-refractivity contribution in [3.63, 3.8) is 0 Å². The normalized spacial score (nSPS) is 15.4. The number of hydrogen-bond donors (Lipinski definition) is 1. The molecule has 5 nitrogen and oxygen atoms in total. The highest BCUT2D eigenvalue weighted by Gasteiger charge is 2.17. The summed E-state index contributed by atoms with van der Waals surface area (Å²) < 4.78 is 0. The molecule has 0 bridgehead atoms. The molecule has 0 unspecified atom stereocenters. The summed E-state index contributed by atoms with van der Waals surface area (Å²) in [6, 6.07) is 9.71. The smallest absolute Gasteiger partial charge is 0.244 e. The van der Waals surface area contributed by atoms with Gasteiger partial charge in [0.25, 0.3) is 0 Å². The molecule has 1 aliphatic rings. The van der Waals surface area contributed by atoms with E-state index in [4.69, 9.17) is 0 Å². The van der Waals surface area contributed by atoms with Gasteiger partial charge in [-0.1, -0.05) is 43.9 Å². The van der Waals surface area contributed by atoms with E-state index in [-0.39, 0.29) is 17.9 Å². The van der Waals surface area contributed by atoms with Crippen molar-refractivity contribution in [1.82, 2.24) is 10.3 Å². The number of carbonyl (C=O) groups is 2. The second-order valence-electron chi connectivity index (χ2n) is 6.78. The van der Waals surface area contributed by atoms with Crippen LogP contribution in [0.4, 0.5) is 10.8 Å². The van der Waals surface area contributed by atoms with Crippen molar-refractivity contribution in [3.8, 4) is 0 Å². The number of amides is 2. The van der Waals surface area contributed by atoms with E-state index in [1.165, 1.54) is 50.0 Å². The molecule has 0 radical (unpaired) electrons. The van der Waals surface area contributed by atoms with Gasteiger partial charge >= 0.3 is 0 Å². The highest BCUT2D eigenvalue weighted by molar-refractivity contribution is 7.14. The van der Waals surface area contributed by atoms with Gasteiger partial charge in [-0.3, -0.25) is 14.5 Å². The molecule has 1 saturated carbocycles. The van der Waals surface area contributed by atoms with Crippen LogP contribution < -0.4 is 10.2 Å². The number of rotatable bonds is 5. The van der Waals surface area contributed by atoms with Crippen molar-refractivity contribution in [2.24, 2.45) is 0 Å². The maximum Gasteiger partial charge on any atom is 0.244 e. The van der Waals surface area contributed by atoms with Crippen LogP contribution in [0.25, 0.3) is 6.08 Å². The second kappa shape index (κ2) is 9.46. The maximum atomic E-state index is 12.2. The molecule has 0 aliphatic heterocycles. The first-order valence-electron chi connectivity index (χ1n) is 9.43. The zero-order valence-corrected chi connectivity index (χ0v) is 16.4. The average molecular weight is 384 g/mol. The molecule has 0 saturated heterocycles. The van der Waals surface area contributed by atoms with Gasteiger partial charge in [0.05, 0.1) is 11.4 Å². The molecule has 0 atom stereocenters. The fourth-order valence-electron chi connectivity index (χ4n) is 3.29. The third-order valence-electron chi connectivity index (χ3n) is 4.64.